The number of hydrogen-bond donors (Lipinski definition) is 1. The summed E-state index contributed by atoms with van der Waals surface area (Å²) in [5.41, 5.74) is 9.17. The molecule has 0 aliphatic carbocycles. The highest BCUT2D eigenvalue weighted by Gasteiger charge is 2.19. The van der Waals surface area contributed by atoms with Gasteiger partial charge in [0, 0.05) is 33.5 Å². The predicted molar refractivity (Wildman–Crippen MR) is 130 cm³/mol. The van der Waals surface area contributed by atoms with Gasteiger partial charge >= 0.3 is 0 Å². The highest BCUT2D eigenvalue weighted by atomic mass is 32.1. The van der Waals surface area contributed by atoms with Crippen molar-refractivity contribution in [1.29, 1.82) is 0 Å². The fourth-order valence-corrected chi connectivity index (χ4v) is 5.77. The number of carbonyl (C=O) groups excluding carboxylic acids is 2. The van der Waals surface area contributed by atoms with Crippen LogP contribution in [0.25, 0.3) is 10.1 Å². The summed E-state index contributed by atoms with van der Waals surface area (Å²) < 4.78 is 6.39. The second kappa shape index (κ2) is 9.84. The van der Waals surface area contributed by atoms with Crippen molar-refractivity contribution in [2.45, 2.75) is 45.6 Å². The number of rotatable bonds is 8. The third-order valence-corrected chi connectivity index (χ3v) is 7.45. The van der Waals surface area contributed by atoms with E-state index in [4.69, 9.17) is 10.5 Å². The van der Waals surface area contributed by atoms with Gasteiger partial charge in [-0.3, -0.25) is 14.5 Å². The van der Waals surface area contributed by atoms with Gasteiger partial charge in [-0.25, -0.2) is 0 Å². The number of thiophene rings is 1. The summed E-state index contributed by atoms with van der Waals surface area (Å²) in [5.74, 6) is 0.341. The fraction of sp³-hybridized carbons (Fsp3) is 0.385. The van der Waals surface area contributed by atoms with E-state index in [-0.39, 0.29) is 5.78 Å². The van der Waals surface area contributed by atoms with Crippen LogP contribution in [-0.4, -0.2) is 36.8 Å². The van der Waals surface area contributed by atoms with Crippen LogP contribution < -0.4 is 10.5 Å². The van der Waals surface area contributed by atoms with Crippen LogP contribution in [0.4, 0.5) is 0 Å². The summed E-state index contributed by atoms with van der Waals surface area (Å²) in [4.78, 5) is 28.4. The number of hydrogen-bond acceptors (Lipinski definition) is 5. The normalized spacial score (nSPS) is 14.6. The van der Waals surface area contributed by atoms with Crippen molar-refractivity contribution in [3.05, 3.63) is 63.5 Å². The maximum atomic E-state index is 12.8. The molecule has 2 N–H and O–H groups in total. The van der Waals surface area contributed by atoms with Gasteiger partial charge in [0.2, 0.25) is 5.91 Å². The molecule has 2 aromatic carbocycles. The number of primary amides is 1. The molecule has 0 radical (unpaired) electrons. The first-order valence-corrected chi connectivity index (χ1v) is 12.0. The minimum Gasteiger partial charge on any atom is -0.496 e. The van der Waals surface area contributed by atoms with E-state index >= 15 is 0 Å². The van der Waals surface area contributed by atoms with Gasteiger partial charge in [0.25, 0.3) is 0 Å². The minimum atomic E-state index is -0.466. The molecule has 5 nitrogen and oxygen atoms in total. The SMILES string of the molecule is COc1cc2c(C(N)=O)c(CCC(=O)c3ccc(CN4CCCCC4)cc3)sc2cc1C. The topological polar surface area (TPSA) is 72.6 Å². The second-order valence-corrected chi connectivity index (χ2v) is 9.68. The lowest BCUT2D eigenvalue weighted by Crippen LogP contribution is -2.29. The molecule has 6 heteroatoms. The average Bonchev–Trinajstić information content (AvgIpc) is 3.15. The summed E-state index contributed by atoms with van der Waals surface area (Å²) in [5, 5.41) is 0.800. The highest BCUT2D eigenvalue weighted by molar-refractivity contribution is 7.19. The fourth-order valence-electron chi connectivity index (χ4n) is 4.48. The molecule has 0 atom stereocenters. The molecule has 0 spiro atoms. The first-order valence-electron chi connectivity index (χ1n) is 11.2. The van der Waals surface area contributed by atoms with Gasteiger partial charge in [-0.1, -0.05) is 30.7 Å². The Kier molecular flexibility index (Phi) is 6.92. The van der Waals surface area contributed by atoms with E-state index < -0.39 is 5.91 Å². The number of ether oxygens (including phenoxy) is 1. The van der Waals surface area contributed by atoms with Crippen LogP contribution in [0.2, 0.25) is 0 Å². The highest BCUT2D eigenvalue weighted by Crippen LogP contribution is 2.36. The Bertz CT molecular complexity index is 1130. The third kappa shape index (κ3) is 4.87. The van der Waals surface area contributed by atoms with Gasteiger partial charge in [0.05, 0.1) is 12.7 Å². The van der Waals surface area contributed by atoms with E-state index in [1.165, 1.54) is 36.2 Å². The largest absolute Gasteiger partial charge is 0.496 e. The lowest BCUT2D eigenvalue weighted by Gasteiger charge is -2.26. The molecule has 1 fully saturated rings. The molecule has 0 saturated carbocycles. The molecular formula is C26H30N2O3S. The molecule has 0 bridgehead atoms. The molecule has 0 unspecified atom stereocenters. The molecule has 1 aliphatic rings. The van der Waals surface area contributed by atoms with E-state index in [1.54, 1.807) is 7.11 Å². The minimum absolute atomic E-state index is 0.0798. The zero-order chi connectivity index (χ0) is 22.7. The van der Waals surface area contributed by atoms with Crippen LogP contribution >= 0.6 is 11.3 Å². The van der Waals surface area contributed by atoms with Crippen molar-refractivity contribution >= 4 is 33.1 Å². The van der Waals surface area contributed by atoms with Crippen LogP contribution in [0.1, 0.15) is 62.4 Å². The molecule has 1 aromatic heterocycles. The van der Waals surface area contributed by atoms with Crippen molar-refractivity contribution < 1.29 is 14.3 Å². The number of aryl methyl sites for hydroxylation is 2. The molecule has 168 valence electrons. The van der Waals surface area contributed by atoms with E-state index in [9.17, 15) is 9.59 Å². The Morgan fingerprint density at radius 2 is 1.81 bits per heavy atom. The van der Waals surface area contributed by atoms with Crippen molar-refractivity contribution in [3.8, 4) is 5.75 Å². The number of piperidine rings is 1. The Balaban J connectivity index is 1.46. The number of nitrogens with zero attached hydrogens (tertiary/aromatic N) is 1. The number of benzene rings is 2. The Morgan fingerprint density at radius 3 is 2.47 bits per heavy atom. The van der Waals surface area contributed by atoms with Crippen LogP contribution in [0, 0.1) is 6.92 Å². The summed E-state index contributed by atoms with van der Waals surface area (Å²) in [6, 6.07) is 11.9. The number of methoxy groups -OCH3 is 1. The van der Waals surface area contributed by atoms with Crippen LogP contribution in [-0.2, 0) is 13.0 Å². The molecule has 1 saturated heterocycles. The number of nitrogens with two attached hydrogens (primary N) is 1. The number of carbonyl (C=O) groups is 2. The van der Waals surface area contributed by atoms with Crippen LogP contribution in [0.15, 0.2) is 36.4 Å². The molecule has 2 heterocycles. The molecule has 4 rings (SSSR count). The molecular weight excluding hydrogens is 420 g/mol. The van der Waals surface area contributed by atoms with Crippen LogP contribution in [0.3, 0.4) is 0 Å². The number of ketones is 1. The Labute approximate surface area is 193 Å². The Hall–Kier alpha value is -2.70. The predicted octanol–water partition coefficient (Wildman–Crippen LogP) is 5.12. The number of likely N-dealkylation sites (tertiary alicyclic amines) is 1. The lowest BCUT2D eigenvalue weighted by molar-refractivity contribution is 0.0975. The molecule has 32 heavy (non-hydrogen) atoms. The van der Waals surface area contributed by atoms with E-state index in [0.717, 1.165) is 45.9 Å². The van der Waals surface area contributed by atoms with Gasteiger partial charge in [0.15, 0.2) is 5.78 Å². The van der Waals surface area contributed by atoms with E-state index in [0.29, 0.717) is 24.0 Å². The maximum absolute atomic E-state index is 12.8. The van der Waals surface area contributed by atoms with Crippen LogP contribution in [0.5, 0.6) is 5.75 Å². The molecule has 3 aromatic rings. The van der Waals surface area contributed by atoms with Crippen molar-refractivity contribution in [2.75, 3.05) is 20.2 Å². The second-order valence-electron chi connectivity index (χ2n) is 8.54. The quantitative estimate of drug-likeness (QED) is 0.484. The zero-order valence-corrected chi connectivity index (χ0v) is 19.6. The Morgan fingerprint density at radius 1 is 1.09 bits per heavy atom. The first-order chi connectivity index (χ1) is 15.5. The summed E-state index contributed by atoms with van der Waals surface area (Å²) in [7, 11) is 1.61. The standard InChI is InChI=1S/C26H30N2O3S/c1-17-14-24-20(15-22(17)31-2)25(26(27)30)23(32-24)11-10-21(29)19-8-6-18(7-9-19)16-28-12-4-3-5-13-28/h6-9,14-15H,3-5,10-13,16H2,1-2H3,(H2,27,30). The van der Waals surface area contributed by atoms with Gasteiger partial charge in [0.1, 0.15) is 5.75 Å². The summed E-state index contributed by atoms with van der Waals surface area (Å²) in [6.07, 6.45) is 4.71. The number of amides is 1. The van der Waals surface area contributed by atoms with E-state index in [1.807, 2.05) is 31.2 Å². The average molecular weight is 451 g/mol. The van der Waals surface area contributed by atoms with Crippen molar-refractivity contribution in [3.63, 3.8) is 0 Å². The first kappa shape index (κ1) is 22.5. The monoisotopic (exact) mass is 450 g/mol. The lowest BCUT2D eigenvalue weighted by atomic mass is 10.0. The van der Waals surface area contributed by atoms with Gasteiger partial charge < -0.3 is 10.5 Å². The van der Waals surface area contributed by atoms with Gasteiger partial charge in [-0.2, -0.15) is 0 Å². The van der Waals surface area contributed by atoms with E-state index in [2.05, 4.69) is 17.0 Å². The van der Waals surface area contributed by atoms with Crippen molar-refractivity contribution in [2.24, 2.45) is 5.73 Å². The summed E-state index contributed by atoms with van der Waals surface area (Å²) >= 11 is 1.53. The zero-order valence-electron chi connectivity index (χ0n) is 18.8. The summed E-state index contributed by atoms with van der Waals surface area (Å²) in [6.45, 7) is 5.23. The number of Topliss-reactive ketones (excluding diaryl/α,β-unsaturated/α-hetero) is 1. The maximum Gasteiger partial charge on any atom is 0.250 e. The number of fused-ring (bicyclic) bond motifs is 1. The van der Waals surface area contributed by atoms with Gasteiger partial charge in [-0.05, 0) is 62.5 Å². The van der Waals surface area contributed by atoms with Gasteiger partial charge in [-0.15, -0.1) is 11.3 Å². The molecule has 1 amide bonds. The van der Waals surface area contributed by atoms with Crippen molar-refractivity contribution in [1.82, 2.24) is 4.90 Å². The molecule has 1 aliphatic heterocycles. The third-order valence-electron chi connectivity index (χ3n) is 6.23. The smallest absolute Gasteiger partial charge is 0.250 e.